The number of rotatable bonds is 2. The molecule has 4 unspecified atom stereocenters. The van der Waals surface area contributed by atoms with Gasteiger partial charge in [-0.05, 0) is 48.9 Å². The summed E-state index contributed by atoms with van der Waals surface area (Å²) in [5.41, 5.74) is 2.12. The molecule has 23 heavy (non-hydrogen) atoms. The number of benzene rings is 1. The smallest absolute Gasteiger partial charge is 0.238 e. The number of carbonyl (C=O) groups is 3. The fourth-order valence-electron chi connectivity index (χ4n) is 4.27. The number of anilines is 2. The van der Waals surface area contributed by atoms with Gasteiger partial charge in [0.25, 0.3) is 0 Å². The number of aryl methyl sites for hydroxylation is 1. The number of hydrogen-bond donors (Lipinski definition) is 1. The largest absolute Gasteiger partial charge is 0.326 e. The van der Waals surface area contributed by atoms with Crippen molar-refractivity contribution in [3.05, 3.63) is 35.9 Å². The molecule has 2 aliphatic carbocycles. The van der Waals surface area contributed by atoms with E-state index in [2.05, 4.69) is 17.5 Å². The summed E-state index contributed by atoms with van der Waals surface area (Å²) in [5.74, 6) is -0.253. The Morgan fingerprint density at radius 2 is 1.74 bits per heavy atom. The average Bonchev–Trinajstić information content (AvgIpc) is 3.15. The Bertz CT molecular complexity index is 738. The summed E-state index contributed by atoms with van der Waals surface area (Å²) in [6.45, 7) is 3.30. The van der Waals surface area contributed by atoms with Gasteiger partial charge in [0.1, 0.15) is 0 Å². The highest BCUT2D eigenvalue weighted by Gasteiger charge is 2.59. The molecule has 1 aromatic rings. The first kappa shape index (κ1) is 14.2. The summed E-state index contributed by atoms with van der Waals surface area (Å²) >= 11 is 0. The second kappa shape index (κ2) is 4.78. The monoisotopic (exact) mass is 310 g/mol. The number of fused-ring (bicyclic) bond motifs is 5. The second-order valence-corrected chi connectivity index (χ2v) is 6.69. The van der Waals surface area contributed by atoms with Crippen LogP contribution >= 0.6 is 0 Å². The number of allylic oxidation sites excluding steroid dienone is 2. The van der Waals surface area contributed by atoms with Gasteiger partial charge in [-0.2, -0.15) is 0 Å². The van der Waals surface area contributed by atoms with Gasteiger partial charge in [-0.15, -0.1) is 0 Å². The highest BCUT2D eigenvalue weighted by molar-refractivity contribution is 6.22. The predicted octanol–water partition coefficient (Wildman–Crippen LogP) is 2.26. The maximum Gasteiger partial charge on any atom is 0.238 e. The molecule has 3 aliphatic rings. The van der Waals surface area contributed by atoms with Crippen LogP contribution in [-0.4, -0.2) is 17.7 Å². The number of hydrogen-bond acceptors (Lipinski definition) is 3. The van der Waals surface area contributed by atoms with Crippen LogP contribution in [0.2, 0.25) is 0 Å². The van der Waals surface area contributed by atoms with Crippen LogP contribution in [0.15, 0.2) is 30.4 Å². The Hall–Kier alpha value is -2.43. The van der Waals surface area contributed by atoms with Crippen LogP contribution < -0.4 is 10.2 Å². The van der Waals surface area contributed by atoms with Gasteiger partial charge < -0.3 is 5.32 Å². The highest BCUT2D eigenvalue weighted by atomic mass is 16.2. The van der Waals surface area contributed by atoms with Crippen molar-refractivity contribution in [2.24, 2.45) is 23.7 Å². The van der Waals surface area contributed by atoms with Crippen LogP contribution in [0.4, 0.5) is 11.4 Å². The molecular weight excluding hydrogens is 292 g/mol. The second-order valence-electron chi connectivity index (χ2n) is 6.69. The van der Waals surface area contributed by atoms with Crippen molar-refractivity contribution >= 4 is 29.1 Å². The lowest BCUT2D eigenvalue weighted by molar-refractivity contribution is -0.123. The van der Waals surface area contributed by atoms with E-state index in [0.29, 0.717) is 11.4 Å². The molecule has 4 atom stereocenters. The van der Waals surface area contributed by atoms with E-state index in [4.69, 9.17) is 0 Å². The van der Waals surface area contributed by atoms with Crippen LogP contribution in [0.1, 0.15) is 18.9 Å². The molecule has 1 aliphatic heterocycles. The van der Waals surface area contributed by atoms with E-state index in [1.165, 1.54) is 11.8 Å². The van der Waals surface area contributed by atoms with Crippen molar-refractivity contribution in [1.82, 2.24) is 0 Å². The van der Waals surface area contributed by atoms with Crippen LogP contribution in [-0.2, 0) is 14.4 Å². The maximum atomic E-state index is 12.8. The molecular formula is C18H18N2O3. The third kappa shape index (κ3) is 1.96. The van der Waals surface area contributed by atoms with E-state index < -0.39 is 0 Å². The van der Waals surface area contributed by atoms with Crippen LogP contribution in [0.3, 0.4) is 0 Å². The molecule has 0 radical (unpaired) electrons. The Morgan fingerprint density at radius 3 is 2.26 bits per heavy atom. The molecule has 1 aromatic carbocycles. The fraction of sp³-hybridized carbons (Fsp3) is 0.389. The molecule has 0 aromatic heterocycles. The van der Waals surface area contributed by atoms with Gasteiger partial charge in [-0.1, -0.05) is 12.2 Å². The molecule has 2 fully saturated rings. The van der Waals surface area contributed by atoms with Crippen molar-refractivity contribution in [3.63, 3.8) is 0 Å². The number of nitrogens with zero attached hydrogens (tertiary/aromatic N) is 1. The van der Waals surface area contributed by atoms with Crippen molar-refractivity contribution in [2.75, 3.05) is 10.2 Å². The lowest BCUT2D eigenvalue weighted by atomic mass is 9.85. The normalized spacial score (nSPS) is 31.0. The Kier molecular flexibility index (Phi) is 2.95. The van der Waals surface area contributed by atoms with E-state index in [0.717, 1.165) is 12.0 Å². The summed E-state index contributed by atoms with van der Waals surface area (Å²) in [4.78, 5) is 38.1. The minimum atomic E-state index is -0.187. The van der Waals surface area contributed by atoms with Gasteiger partial charge in [-0.25, -0.2) is 0 Å². The quantitative estimate of drug-likeness (QED) is 0.673. The summed E-state index contributed by atoms with van der Waals surface area (Å²) in [6, 6.07) is 5.26. The zero-order chi connectivity index (χ0) is 16.3. The van der Waals surface area contributed by atoms with E-state index >= 15 is 0 Å². The van der Waals surface area contributed by atoms with Gasteiger partial charge in [0.2, 0.25) is 17.7 Å². The van der Waals surface area contributed by atoms with Crippen molar-refractivity contribution in [3.8, 4) is 0 Å². The molecule has 5 heteroatoms. The first-order valence-corrected chi connectivity index (χ1v) is 7.92. The van der Waals surface area contributed by atoms with Crippen LogP contribution in [0.25, 0.3) is 0 Å². The fourth-order valence-corrected chi connectivity index (χ4v) is 4.27. The van der Waals surface area contributed by atoms with E-state index in [1.807, 2.05) is 6.92 Å². The predicted molar refractivity (Wildman–Crippen MR) is 85.7 cm³/mol. The minimum Gasteiger partial charge on any atom is -0.326 e. The number of imide groups is 1. The lowest BCUT2D eigenvalue weighted by Gasteiger charge is -2.19. The van der Waals surface area contributed by atoms with Crippen LogP contribution in [0, 0.1) is 30.6 Å². The third-order valence-corrected chi connectivity index (χ3v) is 5.25. The topological polar surface area (TPSA) is 66.5 Å². The number of amides is 3. The summed E-state index contributed by atoms with van der Waals surface area (Å²) in [5, 5.41) is 2.74. The molecule has 118 valence electrons. The number of nitrogens with one attached hydrogen (secondary N) is 1. The van der Waals surface area contributed by atoms with E-state index in [-0.39, 0.29) is 41.4 Å². The van der Waals surface area contributed by atoms with Crippen LogP contribution in [0.5, 0.6) is 0 Å². The molecule has 1 heterocycles. The number of carbonyl (C=O) groups excluding carboxylic acids is 3. The minimum absolute atomic E-state index is 0.0801. The zero-order valence-corrected chi connectivity index (χ0v) is 13.1. The third-order valence-electron chi connectivity index (χ3n) is 5.25. The average molecular weight is 310 g/mol. The van der Waals surface area contributed by atoms with E-state index in [1.54, 1.807) is 18.2 Å². The van der Waals surface area contributed by atoms with Gasteiger partial charge >= 0.3 is 0 Å². The molecule has 1 N–H and O–H groups in total. The van der Waals surface area contributed by atoms with Crippen molar-refractivity contribution in [2.45, 2.75) is 20.3 Å². The maximum absolute atomic E-state index is 12.8. The van der Waals surface area contributed by atoms with Gasteiger partial charge in [0.15, 0.2) is 0 Å². The Morgan fingerprint density at radius 1 is 1.13 bits per heavy atom. The summed E-state index contributed by atoms with van der Waals surface area (Å²) < 4.78 is 0. The Labute approximate surface area is 134 Å². The summed E-state index contributed by atoms with van der Waals surface area (Å²) in [7, 11) is 0. The van der Waals surface area contributed by atoms with Crippen molar-refractivity contribution in [1.29, 1.82) is 0 Å². The molecule has 2 bridgehead atoms. The summed E-state index contributed by atoms with van der Waals surface area (Å²) in [6.07, 6.45) is 5.11. The SMILES string of the molecule is CC(=O)Nc1ccc(N2C(=O)C3C4C=CC(C4)C3C2=O)cc1C. The standard InChI is InChI=1S/C18H18N2O3/c1-9-7-13(5-6-14(9)19-10(2)21)20-17(22)15-11-3-4-12(8-11)16(15)18(20)23/h3-7,11-12,15-16H,8H2,1-2H3,(H,19,21). The van der Waals surface area contributed by atoms with E-state index in [9.17, 15) is 14.4 Å². The first-order chi connectivity index (χ1) is 11.0. The van der Waals surface area contributed by atoms with Crippen molar-refractivity contribution < 1.29 is 14.4 Å². The first-order valence-electron chi connectivity index (χ1n) is 7.92. The molecule has 3 amide bonds. The van der Waals surface area contributed by atoms with Gasteiger partial charge in [0, 0.05) is 12.6 Å². The highest BCUT2D eigenvalue weighted by Crippen LogP contribution is 2.53. The molecule has 4 rings (SSSR count). The zero-order valence-electron chi connectivity index (χ0n) is 13.1. The lowest BCUT2D eigenvalue weighted by Crippen LogP contribution is -2.32. The molecule has 5 nitrogen and oxygen atoms in total. The molecule has 1 saturated carbocycles. The Balaban J connectivity index is 1.67. The molecule has 0 spiro atoms. The van der Waals surface area contributed by atoms with Gasteiger partial charge in [0.05, 0.1) is 17.5 Å². The van der Waals surface area contributed by atoms with Gasteiger partial charge in [-0.3, -0.25) is 19.3 Å². The molecule has 1 saturated heterocycles.